The third-order valence-electron chi connectivity index (χ3n) is 5.49. The standard InChI is InChI=1S/C20H24N2O6/c1-2-26-20(25)14-4-3-7-21(9-14)19(24)15-10-22(11-15)18(23)13-5-6-16-17(8-13)28-12-27-16/h5-6,8,14-15H,2-4,7,9-12H2,1H3. The molecule has 3 heterocycles. The van der Waals surface area contributed by atoms with Crippen LogP contribution in [-0.4, -0.2) is 67.2 Å². The van der Waals surface area contributed by atoms with Gasteiger partial charge in [0.05, 0.1) is 18.4 Å². The molecule has 1 aromatic rings. The number of fused-ring (bicyclic) bond motifs is 1. The second-order valence-electron chi connectivity index (χ2n) is 7.35. The molecular weight excluding hydrogens is 364 g/mol. The number of esters is 1. The molecule has 150 valence electrons. The van der Waals surface area contributed by atoms with E-state index in [1.807, 2.05) is 0 Å². The summed E-state index contributed by atoms with van der Waals surface area (Å²) in [6.45, 7) is 4.15. The number of ether oxygens (including phenoxy) is 3. The van der Waals surface area contributed by atoms with Gasteiger partial charge in [0.2, 0.25) is 12.7 Å². The van der Waals surface area contributed by atoms with Crippen molar-refractivity contribution in [3.05, 3.63) is 23.8 Å². The summed E-state index contributed by atoms with van der Waals surface area (Å²) in [4.78, 5) is 40.8. The summed E-state index contributed by atoms with van der Waals surface area (Å²) < 4.78 is 15.7. The van der Waals surface area contributed by atoms with Crippen molar-refractivity contribution in [3.63, 3.8) is 0 Å². The van der Waals surface area contributed by atoms with Crippen LogP contribution < -0.4 is 9.47 Å². The van der Waals surface area contributed by atoms with Gasteiger partial charge in [-0.1, -0.05) is 0 Å². The van der Waals surface area contributed by atoms with E-state index in [2.05, 4.69) is 0 Å². The Balaban J connectivity index is 1.31. The number of hydrogen-bond donors (Lipinski definition) is 0. The Kier molecular flexibility index (Phi) is 5.11. The van der Waals surface area contributed by atoms with Gasteiger partial charge < -0.3 is 24.0 Å². The zero-order valence-corrected chi connectivity index (χ0v) is 15.9. The van der Waals surface area contributed by atoms with Crippen LogP contribution in [0.2, 0.25) is 0 Å². The molecule has 8 heteroatoms. The molecule has 4 rings (SSSR count). The Morgan fingerprint density at radius 2 is 1.82 bits per heavy atom. The van der Waals surface area contributed by atoms with Crippen LogP contribution in [0.1, 0.15) is 30.1 Å². The second-order valence-corrected chi connectivity index (χ2v) is 7.35. The average Bonchev–Trinajstić information content (AvgIpc) is 3.14. The van der Waals surface area contributed by atoms with E-state index in [1.165, 1.54) is 0 Å². The van der Waals surface area contributed by atoms with Crippen LogP contribution >= 0.6 is 0 Å². The lowest BCUT2D eigenvalue weighted by molar-refractivity contribution is -0.152. The topological polar surface area (TPSA) is 85.4 Å². The number of carbonyl (C=O) groups excluding carboxylic acids is 3. The van der Waals surface area contributed by atoms with Gasteiger partial charge >= 0.3 is 5.97 Å². The molecule has 3 aliphatic heterocycles. The predicted molar refractivity (Wildman–Crippen MR) is 97.9 cm³/mol. The van der Waals surface area contributed by atoms with E-state index >= 15 is 0 Å². The number of amides is 2. The molecule has 2 amide bonds. The summed E-state index contributed by atoms with van der Waals surface area (Å²) in [6, 6.07) is 5.11. The van der Waals surface area contributed by atoms with Gasteiger partial charge in [-0.15, -0.1) is 0 Å². The first-order valence-corrected chi connectivity index (χ1v) is 9.71. The predicted octanol–water partition coefficient (Wildman–Crippen LogP) is 1.29. The normalized spacial score (nSPS) is 21.2. The quantitative estimate of drug-likeness (QED) is 0.723. The molecule has 0 bridgehead atoms. The molecule has 28 heavy (non-hydrogen) atoms. The molecule has 0 aromatic heterocycles. The van der Waals surface area contributed by atoms with E-state index in [9.17, 15) is 14.4 Å². The Hall–Kier alpha value is -2.77. The fourth-order valence-corrected chi connectivity index (χ4v) is 3.90. The SMILES string of the molecule is CCOC(=O)C1CCCN(C(=O)C2CN(C(=O)c3ccc4c(c3)OCO4)C2)C1. The van der Waals surface area contributed by atoms with E-state index in [0.717, 1.165) is 12.8 Å². The highest BCUT2D eigenvalue weighted by atomic mass is 16.7. The van der Waals surface area contributed by atoms with Crippen molar-refractivity contribution < 1.29 is 28.6 Å². The van der Waals surface area contributed by atoms with Gasteiger partial charge in [-0.3, -0.25) is 14.4 Å². The molecule has 0 spiro atoms. The molecule has 2 saturated heterocycles. The lowest BCUT2D eigenvalue weighted by atomic mass is 9.93. The summed E-state index contributed by atoms with van der Waals surface area (Å²) in [5.41, 5.74) is 0.524. The van der Waals surface area contributed by atoms with Gasteiger partial charge in [0, 0.05) is 31.7 Å². The van der Waals surface area contributed by atoms with E-state index in [4.69, 9.17) is 14.2 Å². The Morgan fingerprint density at radius 1 is 1.07 bits per heavy atom. The van der Waals surface area contributed by atoms with Crippen LogP contribution in [0, 0.1) is 11.8 Å². The molecule has 0 saturated carbocycles. The van der Waals surface area contributed by atoms with Gasteiger partial charge in [0.15, 0.2) is 11.5 Å². The summed E-state index contributed by atoms with van der Waals surface area (Å²) in [5, 5.41) is 0. The maximum atomic E-state index is 12.8. The third-order valence-corrected chi connectivity index (χ3v) is 5.49. The van der Waals surface area contributed by atoms with E-state index < -0.39 is 0 Å². The van der Waals surface area contributed by atoms with Crippen molar-refractivity contribution in [1.82, 2.24) is 9.80 Å². The first kappa shape index (κ1) is 18.6. The number of likely N-dealkylation sites (tertiary alicyclic amines) is 2. The molecule has 2 fully saturated rings. The van der Waals surface area contributed by atoms with Crippen molar-refractivity contribution in [2.24, 2.45) is 11.8 Å². The third kappa shape index (κ3) is 3.50. The van der Waals surface area contributed by atoms with E-state index in [1.54, 1.807) is 34.9 Å². The van der Waals surface area contributed by atoms with Crippen LogP contribution in [0.4, 0.5) is 0 Å². The maximum Gasteiger partial charge on any atom is 0.310 e. The Morgan fingerprint density at radius 3 is 2.61 bits per heavy atom. The molecule has 0 radical (unpaired) electrons. The summed E-state index contributed by atoms with van der Waals surface area (Å²) in [7, 11) is 0. The molecule has 1 unspecified atom stereocenters. The minimum atomic E-state index is -0.246. The van der Waals surface area contributed by atoms with Crippen molar-refractivity contribution in [3.8, 4) is 11.5 Å². The van der Waals surface area contributed by atoms with Crippen molar-refractivity contribution in [2.45, 2.75) is 19.8 Å². The van der Waals surface area contributed by atoms with Gasteiger partial charge in [-0.2, -0.15) is 0 Å². The highest BCUT2D eigenvalue weighted by Crippen LogP contribution is 2.33. The van der Waals surface area contributed by atoms with E-state index in [0.29, 0.717) is 49.8 Å². The van der Waals surface area contributed by atoms with Crippen LogP contribution in [0.3, 0.4) is 0 Å². The van der Waals surface area contributed by atoms with Crippen LogP contribution in [-0.2, 0) is 14.3 Å². The van der Waals surface area contributed by atoms with Crippen molar-refractivity contribution in [2.75, 3.05) is 39.6 Å². The molecule has 8 nitrogen and oxygen atoms in total. The monoisotopic (exact) mass is 388 g/mol. The fraction of sp³-hybridized carbons (Fsp3) is 0.550. The van der Waals surface area contributed by atoms with Crippen LogP contribution in [0.15, 0.2) is 18.2 Å². The minimum Gasteiger partial charge on any atom is -0.466 e. The summed E-state index contributed by atoms with van der Waals surface area (Å²) in [5.74, 6) is 0.414. The molecule has 1 aromatic carbocycles. The van der Waals surface area contributed by atoms with E-state index in [-0.39, 0.29) is 36.4 Å². The van der Waals surface area contributed by atoms with Gasteiger partial charge in [-0.25, -0.2) is 0 Å². The fourth-order valence-electron chi connectivity index (χ4n) is 3.90. The zero-order valence-electron chi connectivity index (χ0n) is 15.9. The minimum absolute atomic E-state index is 0.0173. The highest BCUT2D eigenvalue weighted by Gasteiger charge is 2.40. The number of nitrogens with zero attached hydrogens (tertiary/aromatic N) is 2. The number of hydrogen-bond acceptors (Lipinski definition) is 6. The van der Waals surface area contributed by atoms with Crippen LogP contribution in [0.25, 0.3) is 0 Å². The average molecular weight is 388 g/mol. The van der Waals surface area contributed by atoms with Gasteiger partial charge in [0.1, 0.15) is 0 Å². The second kappa shape index (κ2) is 7.69. The lowest BCUT2D eigenvalue weighted by Gasteiger charge is -2.42. The smallest absolute Gasteiger partial charge is 0.310 e. The van der Waals surface area contributed by atoms with Crippen molar-refractivity contribution >= 4 is 17.8 Å². The lowest BCUT2D eigenvalue weighted by Crippen LogP contribution is -2.57. The molecule has 1 atom stereocenters. The molecule has 0 aliphatic carbocycles. The largest absolute Gasteiger partial charge is 0.466 e. The van der Waals surface area contributed by atoms with Crippen molar-refractivity contribution in [1.29, 1.82) is 0 Å². The Bertz CT molecular complexity index is 789. The number of rotatable bonds is 4. The first-order valence-electron chi connectivity index (χ1n) is 9.71. The highest BCUT2D eigenvalue weighted by molar-refractivity contribution is 5.96. The van der Waals surface area contributed by atoms with Gasteiger partial charge in [-0.05, 0) is 38.0 Å². The molecule has 3 aliphatic rings. The molecule has 0 N–H and O–H groups in total. The van der Waals surface area contributed by atoms with Gasteiger partial charge in [0.25, 0.3) is 5.91 Å². The first-order chi connectivity index (χ1) is 13.6. The number of benzene rings is 1. The summed E-state index contributed by atoms with van der Waals surface area (Å²) >= 11 is 0. The molecular formula is C20H24N2O6. The zero-order chi connectivity index (χ0) is 19.7. The maximum absolute atomic E-state index is 12.8. The number of carbonyl (C=O) groups is 3. The number of piperidine rings is 1. The van der Waals surface area contributed by atoms with Crippen LogP contribution in [0.5, 0.6) is 11.5 Å². The summed E-state index contributed by atoms with van der Waals surface area (Å²) in [6.07, 6.45) is 1.55. The Labute approximate surface area is 163 Å².